The van der Waals surface area contributed by atoms with Crippen LogP contribution in [0.3, 0.4) is 0 Å². The third-order valence-corrected chi connectivity index (χ3v) is 5.66. The molecular weight excluding hydrogens is 294 g/mol. The number of nitrogens with one attached hydrogen (secondary N) is 1. The van der Waals surface area contributed by atoms with Crippen LogP contribution in [0.4, 0.5) is 5.69 Å². The molecule has 0 saturated heterocycles. The van der Waals surface area contributed by atoms with Crippen molar-refractivity contribution in [1.82, 2.24) is 9.29 Å². The lowest BCUT2D eigenvalue weighted by molar-refractivity contribution is 0.521. The van der Waals surface area contributed by atoms with Crippen molar-refractivity contribution >= 4 is 27.0 Å². The van der Waals surface area contributed by atoms with Gasteiger partial charge in [-0.2, -0.15) is 0 Å². The Hall–Kier alpha value is -1.44. The molecule has 5 nitrogen and oxygen atoms in total. The van der Waals surface area contributed by atoms with Gasteiger partial charge in [0.05, 0.1) is 22.6 Å². The lowest BCUT2D eigenvalue weighted by atomic mass is 10.3. The van der Waals surface area contributed by atoms with Crippen molar-refractivity contribution in [3.8, 4) is 0 Å². The van der Waals surface area contributed by atoms with Crippen LogP contribution in [0.5, 0.6) is 0 Å². The highest BCUT2D eigenvalue weighted by Crippen LogP contribution is 2.20. The fourth-order valence-electron chi connectivity index (χ4n) is 1.66. The average Bonchev–Trinajstić information content (AvgIpc) is 2.82. The van der Waals surface area contributed by atoms with Gasteiger partial charge in [0.15, 0.2) is 0 Å². The molecule has 1 heterocycles. The summed E-state index contributed by atoms with van der Waals surface area (Å²) in [6, 6.07) is 6.83. The van der Waals surface area contributed by atoms with Gasteiger partial charge in [-0.25, -0.2) is 17.7 Å². The van der Waals surface area contributed by atoms with E-state index in [4.69, 9.17) is 0 Å². The van der Waals surface area contributed by atoms with Gasteiger partial charge < -0.3 is 5.32 Å². The summed E-state index contributed by atoms with van der Waals surface area (Å²) < 4.78 is 25.3. The standard InChI is InChI=1S/C13H17N3O2S2/c1-10-13(19-9-15-10)8-14-11-5-4-6-12(7-11)20(17,18)16(2)3/h4-7,9,14H,8H2,1-3H3. The zero-order chi connectivity index (χ0) is 14.8. The highest BCUT2D eigenvalue weighted by Gasteiger charge is 2.17. The second kappa shape index (κ2) is 5.90. The minimum Gasteiger partial charge on any atom is -0.380 e. The van der Waals surface area contributed by atoms with Crippen molar-refractivity contribution in [3.05, 3.63) is 40.3 Å². The number of thiazole rings is 1. The van der Waals surface area contributed by atoms with Gasteiger partial charge in [0, 0.05) is 24.7 Å². The number of aryl methyl sites for hydroxylation is 1. The summed E-state index contributed by atoms with van der Waals surface area (Å²) in [7, 11) is -0.348. The summed E-state index contributed by atoms with van der Waals surface area (Å²) in [4.78, 5) is 5.61. The van der Waals surface area contributed by atoms with Crippen LogP contribution in [0, 0.1) is 6.92 Å². The lowest BCUT2D eigenvalue weighted by Crippen LogP contribution is -2.22. The van der Waals surface area contributed by atoms with E-state index in [0.29, 0.717) is 6.54 Å². The zero-order valence-corrected chi connectivity index (χ0v) is 13.3. The van der Waals surface area contributed by atoms with E-state index in [9.17, 15) is 8.42 Å². The quantitative estimate of drug-likeness (QED) is 0.920. The largest absolute Gasteiger partial charge is 0.380 e. The second-order valence-corrected chi connectivity index (χ2v) is 7.62. The molecule has 0 saturated carbocycles. The summed E-state index contributed by atoms with van der Waals surface area (Å²) in [5, 5.41) is 3.23. The van der Waals surface area contributed by atoms with Gasteiger partial charge in [-0.15, -0.1) is 11.3 Å². The van der Waals surface area contributed by atoms with E-state index >= 15 is 0 Å². The van der Waals surface area contributed by atoms with Crippen molar-refractivity contribution in [2.45, 2.75) is 18.4 Å². The van der Waals surface area contributed by atoms with Crippen LogP contribution in [-0.2, 0) is 16.6 Å². The molecule has 0 aliphatic rings. The summed E-state index contributed by atoms with van der Waals surface area (Å²) in [5.41, 5.74) is 3.58. The van der Waals surface area contributed by atoms with Crippen molar-refractivity contribution in [2.75, 3.05) is 19.4 Å². The number of anilines is 1. The van der Waals surface area contributed by atoms with Gasteiger partial charge >= 0.3 is 0 Å². The van der Waals surface area contributed by atoms with E-state index in [2.05, 4.69) is 10.3 Å². The molecule has 2 rings (SSSR count). The number of sulfonamides is 1. The third kappa shape index (κ3) is 3.17. The number of hydrogen-bond acceptors (Lipinski definition) is 5. The summed E-state index contributed by atoms with van der Waals surface area (Å²) in [5.74, 6) is 0. The molecule has 0 unspecified atom stereocenters. The number of benzene rings is 1. The Morgan fingerprint density at radius 2 is 2.10 bits per heavy atom. The van der Waals surface area contributed by atoms with Crippen LogP contribution in [0.25, 0.3) is 0 Å². The van der Waals surface area contributed by atoms with Gasteiger partial charge in [-0.05, 0) is 25.1 Å². The van der Waals surface area contributed by atoms with Crippen molar-refractivity contribution in [2.24, 2.45) is 0 Å². The molecule has 0 fully saturated rings. The maximum Gasteiger partial charge on any atom is 0.242 e. The van der Waals surface area contributed by atoms with Gasteiger partial charge in [0.2, 0.25) is 10.0 Å². The van der Waals surface area contributed by atoms with Crippen LogP contribution in [0.15, 0.2) is 34.7 Å². The minimum atomic E-state index is -3.40. The van der Waals surface area contributed by atoms with Crippen molar-refractivity contribution in [1.29, 1.82) is 0 Å². The molecular formula is C13H17N3O2S2. The highest BCUT2D eigenvalue weighted by atomic mass is 32.2. The predicted octanol–water partition coefficient (Wildman–Crippen LogP) is 2.31. The van der Waals surface area contributed by atoms with Crippen molar-refractivity contribution in [3.63, 3.8) is 0 Å². The monoisotopic (exact) mass is 311 g/mol. The molecule has 0 amide bonds. The Labute approximate surface area is 123 Å². The normalized spacial score (nSPS) is 11.8. The topological polar surface area (TPSA) is 62.3 Å². The highest BCUT2D eigenvalue weighted by molar-refractivity contribution is 7.89. The number of nitrogens with zero attached hydrogens (tertiary/aromatic N) is 2. The lowest BCUT2D eigenvalue weighted by Gasteiger charge is -2.13. The first-order valence-corrected chi connectivity index (χ1v) is 8.38. The Morgan fingerprint density at radius 1 is 1.35 bits per heavy atom. The van der Waals surface area contributed by atoms with E-state index < -0.39 is 10.0 Å². The Bertz CT molecular complexity index is 693. The molecule has 0 aliphatic heterocycles. The zero-order valence-electron chi connectivity index (χ0n) is 11.6. The van der Waals surface area contributed by atoms with Crippen LogP contribution >= 0.6 is 11.3 Å². The molecule has 0 radical (unpaired) electrons. The summed E-state index contributed by atoms with van der Waals surface area (Å²) in [6.45, 7) is 2.60. The van der Waals surface area contributed by atoms with Gasteiger partial charge in [-0.3, -0.25) is 0 Å². The first-order valence-electron chi connectivity index (χ1n) is 6.06. The Kier molecular flexibility index (Phi) is 4.42. The fourth-order valence-corrected chi connectivity index (χ4v) is 3.32. The Morgan fingerprint density at radius 3 is 2.70 bits per heavy atom. The predicted molar refractivity (Wildman–Crippen MR) is 81.5 cm³/mol. The van der Waals surface area contributed by atoms with E-state index in [1.807, 2.05) is 13.0 Å². The first kappa shape index (κ1) is 15.0. The molecule has 0 aliphatic carbocycles. The summed E-state index contributed by atoms with van der Waals surface area (Å²) in [6.07, 6.45) is 0. The van der Waals surface area contributed by atoms with Crippen LogP contribution in [0.1, 0.15) is 10.6 Å². The molecule has 1 N–H and O–H groups in total. The first-order chi connectivity index (χ1) is 9.41. The Balaban J connectivity index is 2.17. The molecule has 20 heavy (non-hydrogen) atoms. The van der Waals surface area contributed by atoms with E-state index in [1.165, 1.54) is 18.4 Å². The minimum absolute atomic E-state index is 0.286. The van der Waals surface area contributed by atoms with E-state index in [0.717, 1.165) is 16.3 Å². The van der Waals surface area contributed by atoms with Crippen LogP contribution < -0.4 is 5.32 Å². The third-order valence-electron chi connectivity index (χ3n) is 2.91. The van der Waals surface area contributed by atoms with Gasteiger partial charge in [0.25, 0.3) is 0 Å². The fraction of sp³-hybridized carbons (Fsp3) is 0.308. The molecule has 108 valence electrons. The molecule has 0 atom stereocenters. The van der Waals surface area contributed by atoms with E-state index in [-0.39, 0.29) is 4.90 Å². The van der Waals surface area contributed by atoms with E-state index in [1.54, 1.807) is 35.0 Å². The second-order valence-electron chi connectivity index (χ2n) is 4.53. The molecule has 0 spiro atoms. The van der Waals surface area contributed by atoms with Gasteiger partial charge in [0.1, 0.15) is 0 Å². The average molecular weight is 311 g/mol. The summed E-state index contributed by atoms with van der Waals surface area (Å²) >= 11 is 1.58. The van der Waals surface area contributed by atoms with Crippen LogP contribution in [0.2, 0.25) is 0 Å². The van der Waals surface area contributed by atoms with Crippen LogP contribution in [-0.4, -0.2) is 31.8 Å². The SMILES string of the molecule is Cc1ncsc1CNc1cccc(S(=O)(=O)N(C)C)c1. The number of hydrogen-bond donors (Lipinski definition) is 1. The molecule has 2 aromatic rings. The maximum absolute atomic E-state index is 12.1. The molecule has 1 aromatic carbocycles. The number of rotatable bonds is 5. The van der Waals surface area contributed by atoms with Crippen molar-refractivity contribution < 1.29 is 8.42 Å². The molecule has 7 heteroatoms. The smallest absolute Gasteiger partial charge is 0.242 e. The van der Waals surface area contributed by atoms with Gasteiger partial charge in [-0.1, -0.05) is 6.07 Å². The molecule has 0 bridgehead atoms. The maximum atomic E-state index is 12.1. The number of aromatic nitrogens is 1. The molecule has 1 aromatic heterocycles.